The molecule has 0 fully saturated rings. The van der Waals surface area contributed by atoms with Crippen LogP contribution in [0, 0.1) is 21.7 Å². The molecular weight excluding hydrogens is 449 g/mol. The number of amides is 2. The van der Waals surface area contributed by atoms with E-state index in [1.165, 1.54) is 0 Å². The Hall–Kier alpha value is -4.10. The molecule has 0 aromatic heterocycles. The van der Waals surface area contributed by atoms with Gasteiger partial charge in [-0.15, -0.1) is 0 Å². The fourth-order valence-corrected chi connectivity index (χ4v) is 2.27. The second-order valence-corrected chi connectivity index (χ2v) is 6.00. The molecule has 0 saturated heterocycles. The minimum Gasteiger partial charge on any atom is -0.454 e. The lowest BCUT2D eigenvalue weighted by Crippen LogP contribution is -2.32. The number of halogens is 5. The zero-order valence-electron chi connectivity index (χ0n) is 15.7. The maximum atomic E-state index is 13.5. The molecule has 2 aromatic rings. The fourth-order valence-electron chi connectivity index (χ4n) is 2.27. The fraction of sp³-hybridized carbons (Fsp3) is 0.167. The molecule has 0 radical (unpaired) electrons. The Labute approximate surface area is 175 Å². The Morgan fingerprint density at radius 2 is 1.75 bits per heavy atom. The molecule has 170 valence electrons. The SMILES string of the molecule is O=C(COC(=O)CNC(=O)c1ccc(F)cc1F)Nc1ccc(C(F)(F)F)cc1[N+](=O)[O-]. The Balaban J connectivity index is 1.90. The number of alkyl halides is 3. The van der Waals surface area contributed by atoms with E-state index in [9.17, 15) is 46.5 Å². The van der Waals surface area contributed by atoms with Crippen LogP contribution < -0.4 is 10.6 Å². The second-order valence-electron chi connectivity index (χ2n) is 6.00. The molecule has 0 spiro atoms. The maximum absolute atomic E-state index is 13.5. The number of nitrogens with one attached hydrogen (secondary N) is 2. The molecule has 0 aliphatic heterocycles. The number of hydrogen-bond acceptors (Lipinski definition) is 6. The van der Waals surface area contributed by atoms with Gasteiger partial charge in [-0.1, -0.05) is 0 Å². The summed E-state index contributed by atoms with van der Waals surface area (Å²) in [6, 6.07) is 3.53. The summed E-state index contributed by atoms with van der Waals surface area (Å²) in [5.41, 5.74) is -3.45. The van der Waals surface area contributed by atoms with Crippen LogP contribution >= 0.6 is 0 Å². The van der Waals surface area contributed by atoms with Crippen LogP contribution in [0.2, 0.25) is 0 Å². The van der Waals surface area contributed by atoms with Crippen LogP contribution in [0.15, 0.2) is 36.4 Å². The Morgan fingerprint density at radius 3 is 2.34 bits per heavy atom. The van der Waals surface area contributed by atoms with Crippen LogP contribution in [0.25, 0.3) is 0 Å². The van der Waals surface area contributed by atoms with Gasteiger partial charge in [-0.05, 0) is 24.3 Å². The van der Waals surface area contributed by atoms with Gasteiger partial charge in [0.25, 0.3) is 17.5 Å². The van der Waals surface area contributed by atoms with E-state index in [-0.39, 0.29) is 6.07 Å². The van der Waals surface area contributed by atoms with Crippen molar-refractivity contribution in [1.82, 2.24) is 5.32 Å². The summed E-state index contributed by atoms with van der Waals surface area (Å²) in [6.07, 6.45) is -4.84. The summed E-state index contributed by atoms with van der Waals surface area (Å²) in [7, 11) is 0. The lowest BCUT2D eigenvalue weighted by Gasteiger charge is -2.10. The predicted octanol–water partition coefficient (Wildman–Crippen LogP) is 2.80. The van der Waals surface area contributed by atoms with Crippen LogP contribution in [-0.2, 0) is 20.5 Å². The first kappa shape index (κ1) is 24.2. The molecule has 2 aromatic carbocycles. The van der Waals surface area contributed by atoms with Gasteiger partial charge in [0.1, 0.15) is 23.9 Å². The molecule has 0 unspecified atom stereocenters. The highest BCUT2D eigenvalue weighted by Gasteiger charge is 2.33. The van der Waals surface area contributed by atoms with E-state index in [1.807, 2.05) is 10.6 Å². The summed E-state index contributed by atoms with van der Waals surface area (Å²) in [5, 5.41) is 14.9. The minimum atomic E-state index is -4.84. The van der Waals surface area contributed by atoms with Gasteiger partial charge in [0.05, 0.1) is 16.1 Å². The van der Waals surface area contributed by atoms with Gasteiger partial charge in [-0.2, -0.15) is 13.2 Å². The largest absolute Gasteiger partial charge is 0.454 e. The monoisotopic (exact) mass is 461 g/mol. The highest BCUT2D eigenvalue weighted by Crippen LogP contribution is 2.34. The summed E-state index contributed by atoms with van der Waals surface area (Å²) in [6.45, 7) is -1.79. The quantitative estimate of drug-likeness (QED) is 0.283. The molecule has 2 rings (SSSR count). The summed E-state index contributed by atoms with van der Waals surface area (Å²) in [5.74, 6) is -5.43. The molecule has 0 atom stereocenters. The van der Waals surface area contributed by atoms with Crippen LogP contribution in [0.5, 0.6) is 0 Å². The molecule has 0 aliphatic carbocycles. The number of ether oxygens (including phenoxy) is 1. The van der Waals surface area contributed by atoms with Gasteiger partial charge in [0.15, 0.2) is 6.61 Å². The standard InChI is InChI=1S/C18H12F5N3O6/c19-10-2-3-11(12(20)6-10)17(29)24-7-16(28)32-8-15(27)25-13-4-1-9(18(21,22)23)5-14(13)26(30)31/h1-6H,7-8H2,(H,24,29)(H,25,27). The van der Waals surface area contributed by atoms with Gasteiger partial charge in [0, 0.05) is 12.1 Å². The van der Waals surface area contributed by atoms with Crippen molar-refractivity contribution in [3.8, 4) is 0 Å². The highest BCUT2D eigenvalue weighted by molar-refractivity contribution is 5.97. The van der Waals surface area contributed by atoms with E-state index >= 15 is 0 Å². The number of carbonyl (C=O) groups excluding carboxylic acids is 3. The predicted molar refractivity (Wildman–Crippen MR) is 96.4 cm³/mol. The summed E-state index contributed by atoms with van der Waals surface area (Å²) in [4.78, 5) is 45.0. The molecule has 0 aliphatic rings. The van der Waals surface area contributed by atoms with E-state index in [2.05, 4.69) is 4.74 Å². The van der Waals surface area contributed by atoms with E-state index in [0.29, 0.717) is 18.2 Å². The molecule has 0 saturated carbocycles. The van der Waals surface area contributed by atoms with Crippen LogP contribution in [0.1, 0.15) is 15.9 Å². The van der Waals surface area contributed by atoms with Crippen molar-refractivity contribution in [3.05, 3.63) is 69.3 Å². The maximum Gasteiger partial charge on any atom is 0.416 e. The minimum absolute atomic E-state index is 0.228. The van der Waals surface area contributed by atoms with Crippen molar-refractivity contribution in [1.29, 1.82) is 0 Å². The molecular formula is C18H12F5N3O6. The number of nitro benzene ring substituents is 1. The first-order valence-electron chi connectivity index (χ1n) is 8.43. The van der Waals surface area contributed by atoms with E-state index in [4.69, 9.17) is 0 Å². The smallest absolute Gasteiger partial charge is 0.416 e. The van der Waals surface area contributed by atoms with Gasteiger partial charge in [-0.3, -0.25) is 24.5 Å². The topological polar surface area (TPSA) is 128 Å². The summed E-state index contributed by atoms with van der Waals surface area (Å²) >= 11 is 0. The van der Waals surface area contributed by atoms with Crippen molar-refractivity contribution in [2.24, 2.45) is 0 Å². The first-order valence-corrected chi connectivity index (χ1v) is 8.43. The molecule has 2 N–H and O–H groups in total. The van der Waals surface area contributed by atoms with E-state index in [1.54, 1.807) is 0 Å². The van der Waals surface area contributed by atoms with Crippen molar-refractivity contribution in [2.45, 2.75) is 6.18 Å². The summed E-state index contributed by atoms with van der Waals surface area (Å²) < 4.78 is 68.9. The number of anilines is 1. The molecule has 9 nitrogen and oxygen atoms in total. The van der Waals surface area contributed by atoms with Gasteiger partial charge in [-0.25, -0.2) is 8.78 Å². The Kier molecular flexibility index (Phi) is 7.41. The van der Waals surface area contributed by atoms with Crippen LogP contribution in [-0.4, -0.2) is 35.9 Å². The molecule has 32 heavy (non-hydrogen) atoms. The number of benzene rings is 2. The molecule has 0 heterocycles. The number of esters is 1. The molecule has 14 heteroatoms. The van der Waals surface area contributed by atoms with Crippen LogP contribution in [0.3, 0.4) is 0 Å². The third-order valence-electron chi connectivity index (χ3n) is 3.73. The lowest BCUT2D eigenvalue weighted by molar-refractivity contribution is -0.384. The van der Waals surface area contributed by atoms with E-state index < -0.39 is 76.2 Å². The number of hydrogen-bond donors (Lipinski definition) is 2. The van der Waals surface area contributed by atoms with Crippen molar-refractivity contribution >= 4 is 29.2 Å². The number of rotatable bonds is 7. The first-order chi connectivity index (χ1) is 14.9. The van der Waals surface area contributed by atoms with Crippen molar-refractivity contribution in [3.63, 3.8) is 0 Å². The number of nitrogens with zero attached hydrogens (tertiary/aromatic N) is 1. The number of carbonyl (C=O) groups is 3. The average molecular weight is 461 g/mol. The normalized spacial score (nSPS) is 10.9. The van der Waals surface area contributed by atoms with E-state index in [0.717, 1.165) is 12.1 Å². The number of nitro groups is 1. The van der Waals surface area contributed by atoms with Gasteiger partial charge < -0.3 is 15.4 Å². The Morgan fingerprint density at radius 1 is 1.06 bits per heavy atom. The van der Waals surface area contributed by atoms with Crippen molar-refractivity contribution in [2.75, 3.05) is 18.5 Å². The Bertz CT molecular complexity index is 1070. The molecule has 2 amide bonds. The zero-order valence-corrected chi connectivity index (χ0v) is 15.7. The van der Waals surface area contributed by atoms with Gasteiger partial charge in [0.2, 0.25) is 0 Å². The third-order valence-corrected chi connectivity index (χ3v) is 3.73. The lowest BCUT2D eigenvalue weighted by atomic mass is 10.1. The van der Waals surface area contributed by atoms with Gasteiger partial charge >= 0.3 is 12.1 Å². The average Bonchev–Trinajstić information content (AvgIpc) is 2.69. The zero-order chi connectivity index (χ0) is 24.1. The van der Waals surface area contributed by atoms with Crippen LogP contribution in [0.4, 0.5) is 33.3 Å². The second kappa shape index (κ2) is 9.80. The highest BCUT2D eigenvalue weighted by atomic mass is 19.4. The van der Waals surface area contributed by atoms with Crippen molar-refractivity contribution < 1.29 is 46.0 Å². The third kappa shape index (κ3) is 6.45. The molecule has 0 bridgehead atoms.